The van der Waals surface area contributed by atoms with Crippen molar-refractivity contribution in [2.24, 2.45) is 0 Å². The molecule has 6 nitrogen and oxygen atoms in total. The van der Waals surface area contributed by atoms with E-state index in [-0.39, 0.29) is 22.3 Å². The topological polar surface area (TPSA) is 88.9 Å². The molecule has 0 saturated heterocycles. The van der Waals surface area contributed by atoms with Crippen LogP contribution in [0.5, 0.6) is 0 Å². The largest absolute Gasteiger partial charge is 0.301 e. The molecule has 0 spiro atoms. The second-order valence-electron chi connectivity index (χ2n) is 6.32. The molecule has 0 aliphatic carbocycles. The quantitative estimate of drug-likeness (QED) is 0.195. The second-order valence-corrected chi connectivity index (χ2v) is 8.51. The second kappa shape index (κ2) is 7.76. The standard InChI is InChI=1S/C20H14FN3O3S2/c1-11(13-3-2-4-15(9-13)24(26)27)29-20-22-18(25)17-16(10-28-19(17)23-20)12-5-7-14(21)8-6-12/h2-11H,1H3,(H,22,23,25). The molecule has 4 rings (SSSR count). The first kappa shape index (κ1) is 19.3. The third-order valence-corrected chi connectivity index (χ3v) is 6.33. The Labute approximate surface area is 172 Å². The van der Waals surface area contributed by atoms with E-state index in [4.69, 9.17) is 0 Å². The average molecular weight is 427 g/mol. The number of nitro benzene ring substituents is 1. The van der Waals surface area contributed by atoms with Crippen molar-refractivity contribution in [3.8, 4) is 11.1 Å². The predicted molar refractivity (Wildman–Crippen MR) is 113 cm³/mol. The van der Waals surface area contributed by atoms with Gasteiger partial charge in [0.05, 0.1) is 10.3 Å². The molecule has 146 valence electrons. The van der Waals surface area contributed by atoms with E-state index in [1.807, 2.05) is 12.3 Å². The van der Waals surface area contributed by atoms with Crippen LogP contribution in [0.1, 0.15) is 17.7 Å². The fraction of sp³-hybridized carbons (Fsp3) is 0.100. The van der Waals surface area contributed by atoms with E-state index in [0.717, 1.165) is 11.1 Å². The summed E-state index contributed by atoms with van der Waals surface area (Å²) in [5, 5.41) is 13.6. The number of hydrogen-bond donors (Lipinski definition) is 1. The third-order valence-electron chi connectivity index (χ3n) is 4.42. The lowest BCUT2D eigenvalue weighted by atomic mass is 10.1. The number of fused-ring (bicyclic) bond motifs is 1. The first-order valence-electron chi connectivity index (χ1n) is 8.61. The summed E-state index contributed by atoms with van der Waals surface area (Å²) in [7, 11) is 0. The Morgan fingerprint density at radius 2 is 2.00 bits per heavy atom. The molecule has 2 heterocycles. The van der Waals surface area contributed by atoms with Crippen molar-refractivity contribution in [3.63, 3.8) is 0 Å². The molecule has 0 bridgehead atoms. The smallest absolute Gasteiger partial charge is 0.269 e. The molecule has 0 aliphatic heterocycles. The van der Waals surface area contributed by atoms with E-state index in [1.54, 1.807) is 24.3 Å². The van der Waals surface area contributed by atoms with Gasteiger partial charge in [0.25, 0.3) is 11.2 Å². The van der Waals surface area contributed by atoms with Crippen molar-refractivity contribution in [2.45, 2.75) is 17.3 Å². The lowest BCUT2D eigenvalue weighted by Gasteiger charge is -2.10. The first-order chi connectivity index (χ1) is 13.9. The molecule has 0 radical (unpaired) electrons. The summed E-state index contributed by atoms with van der Waals surface area (Å²) in [6.07, 6.45) is 0. The zero-order valence-corrected chi connectivity index (χ0v) is 16.7. The first-order valence-corrected chi connectivity index (χ1v) is 10.4. The van der Waals surface area contributed by atoms with Gasteiger partial charge in [0, 0.05) is 28.3 Å². The van der Waals surface area contributed by atoms with Crippen molar-refractivity contribution in [3.05, 3.63) is 85.8 Å². The number of hydrogen-bond acceptors (Lipinski definition) is 6. The fourth-order valence-electron chi connectivity index (χ4n) is 2.95. The molecule has 2 aromatic heterocycles. The number of benzene rings is 2. The van der Waals surface area contributed by atoms with Crippen LogP contribution in [0, 0.1) is 15.9 Å². The van der Waals surface area contributed by atoms with Gasteiger partial charge in [-0.25, -0.2) is 9.37 Å². The summed E-state index contributed by atoms with van der Waals surface area (Å²) in [4.78, 5) is 31.2. The highest BCUT2D eigenvalue weighted by atomic mass is 32.2. The molecular formula is C20H14FN3O3S2. The number of nitro groups is 1. The van der Waals surface area contributed by atoms with E-state index in [9.17, 15) is 19.3 Å². The number of non-ortho nitro benzene ring substituents is 1. The van der Waals surface area contributed by atoms with E-state index in [0.29, 0.717) is 20.9 Å². The molecule has 29 heavy (non-hydrogen) atoms. The Hall–Kier alpha value is -3.04. The number of thiophene rings is 1. The minimum Gasteiger partial charge on any atom is -0.301 e. The SMILES string of the molecule is CC(Sc1nc2scc(-c3ccc(F)cc3)c2c(=O)[nH]1)c1cccc([N+](=O)[O-])c1. The van der Waals surface area contributed by atoms with Crippen LogP contribution < -0.4 is 5.56 Å². The molecular weight excluding hydrogens is 413 g/mol. The van der Waals surface area contributed by atoms with Crippen molar-refractivity contribution in [2.75, 3.05) is 0 Å². The number of rotatable bonds is 5. The van der Waals surface area contributed by atoms with Crippen molar-refractivity contribution in [1.82, 2.24) is 9.97 Å². The Bertz CT molecular complexity index is 1270. The Morgan fingerprint density at radius 1 is 1.24 bits per heavy atom. The Kier molecular flexibility index (Phi) is 5.16. The number of aromatic nitrogens is 2. The maximum Gasteiger partial charge on any atom is 0.269 e. The van der Waals surface area contributed by atoms with Crippen molar-refractivity contribution >= 4 is 39.0 Å². The minimum absolute atomic E-state index is 0.0223. The molecule has 1 unspecified atom stereocenters. The molecule has 0 saturated carbocycles. The maximum atomic E-state index is 13.2. The molecule has 2 aromatic carbocycles. The van der Waals surface area contributed by atoms with Gasteiger partial charge in [-0.2, -0.15) is 0 Å². The lowest BCUT2D eigenvalue weighted by molar-refractivity contribution is -0.384. The summed E-state index contributed by atoms with van der Waals surface area (Å²) >= 11 is 2.66. The molecule has 9 heteroatoms. The number of nitrogens with zero attached hydrogens (tertiary/aromatic N) is 2. The molecule has 1 atom stereocenters. The third kappa shape index (κ3) is 3.92. The summed E-state index contributed by atoms with van der Waals surface area (Å²) < 4.78 is 13.2. The van der Waals surface area contributed by atoms with Crippen molar-refractivity contribution in [1.29, 1.82) is 0 Å². The summed E-state index contributed by atoms with van der Waals surface area (Å²) in [5.74, 6) is -0.339. The van der Waals surface area contributed by atoms with Gasteiger partial charge in [0.1, 0.15) is 10.6 Å². The summed E-state index contributed by atoms with van der Waals surface area (Å²) in [6, 6.07) is 12.4. The number of H-pyrrole nitrogens is 1. The van der Waals surface area contributed by atoms with Gasteiger partial charge >= 0.3 is 0 Å². The maximum absolute atomic E-state index is 13.2. The van der Waals surface area contributed by atoms with Gasteiger partial charge in [-0.15, -0.1) is 11.3 Å². The van der Waals surface area contributed by atoms with Crippen LogP contribution in [-0.4, -0.2) is 14.9 Å². The molecule has 0 fully saturated rings. The highest BCUT2D eigenvalue weighted by molar-refractivity contribution is 7.99. The zero-order valence-electron chi connectivity index (χ0n) is 15.1. The number of thioether (sulfide) groups is 1. The number of nitrogens with one attached hydrogen (secondary N) is 1. The predicted octanol–water partition coefficient (Wildman–Crippen LogP) is 5.55. The minimum atomic E-state index is -0.435. The van der Waals surface area contributed by atoms with Crippen LogP contribution >= 0.6 is 23.1 Å². The van der Waals surface area contributed by atoms with E-state index in [2.05, 4.69) is 9.97 Å². The Balaban J connectivity index is 1.66. The van der Waals surface area contributed by atoms with Gasteiger partial charge in [0.15, 0.2) is 5.16 Å². The van der Waals surface area contributed by atoms with Crippen LogP contribution in [0.4, 0.5) is 10.1 Å². The molecule has 1 N–H and O–H groups in total. The highest BCUT2D eigenvalue weighted by Crippen LogP contribution is 2.36. The summed E-state index contributed by atoms with van der Waals surface area (Å²) in [6.45, 7) is 1.90. The zero-order chi connectivity index (χ0) is 20.5. The van der Waals surface area contributed by atoms with Gasteiger partial charge in [-0.3, -0.25) is 14.9 Å². The van der Waals surface area contributed by atoms with Gasteiger partial charge < -0.3 is 4.98 Å². The van der Waals surface area contributed by atoms with Crippen LogP contribution in [0.15, 0.2) is 63.9 Å². The highest BCUT2D eigenvalue weighted by Gasteiger charge is 2.17. The number of halogens is 1. The average Bonchev–Trinajstić information content (AvgIpc) is 3.13. The number of aromatic amines is 1. The van der Waals surface area contributed by atoms with Gasteiger partial charge in [-0.05, 0) is 30.2 Å². The van der Waals surface area contributed by atoms with Crippen LogP contribution in [0.2, 0.25) is 0 Å². The molecule has 4 aromatic rings. The summed E-state index contributed by atoms with van der Waals surface area (Å²) in [5.41, 5.74) is 1.97. The van der Waals surface area contributed by atoms with Crippen LogP contribution in [0.25, 0.3) is 21.3 Å². The van der Waals surface area contributed by atoms with Crippen LogP contribution in [-0.2, 0) is 0 Å². The monoisotopic (exact) mass is 427 g/mol. The van der Waals surface area contributed by atoms with Crippen molar-refractivity contribution < 1.29 is 9.31 Å². The fourth-order valence-corrected chi connectivity index (χ4v) is 4.87. The van der Waals surface area contributed by atoms with Gasteiger partial charge in [0.2, 0.25) is 0 Å². The Morgan fingerprint density at radius 3 is 2.72 bits per heavy atom. The normalized spacial score (nSPS) is 12.2. The van der Waals surface area contributed by atoms with E-state index >= 15 is 0 Å². The molecule has 0 aliphatic rings. The van der Waals surface area contributed by atoms with Crippen LogP contribution in [0.3, 0.4) is 0 Å². The lowest BCUT2D eigenvalue weighted by Crippen LogP contribution is -2.09. The molecule has 0 amide bonds. The van der Waals surface area contributed by atoms with E-state index in [1.165, 1.54) is 47.4 Å². The van der Waals surface area contributed by atoms with Gasteiger partial charge in [-0.1, -0.05) is 36.0 Å². The van der Waals surface area contributed by atoms with E-state index < -0.39 is 4.92 Å².